The van der Waals surface area contributed by atoms with Crippen molar-refractivity contribution in [3.8, 4) is 0 Å². The van der Waals surface area contributed by atoms with Gasteiger partial charge in [-0.2, -0.15) is 0 Å². The van der Waals surface area contributed by atoms with Gasteiger partial charge in [-0.25, -0.2) is 4.79 Å². The monoisotopic (exact) mass is 300 g/mol. The number of H-pyrrole nitrogens is 1. The van der Waals surface area contributed by atoms with Gasteiger partial charge in [0.25, 0.3) is 0 Å². The molecule has 0 saturated carbocycles. The molecule has 0 bridgehead atoms. The van der Waals surface area contributed by atoms with Crippen LogP contribution in [-0.2, 0) is 11.2 Å². The van der Waals surface area contributed by atoms with Gasteiger partial charge >= 0.3 is 5.97 Å². The molecule has 0 spiro atoms. The zero-order valence-corrected chi connectivity index (χ0v) is 11.2. The fourth-order valence-corrected chi connectivity index (χ4v) is 2.60. The molecule has 0 radical (unpaired) electrons. The van der Waals surface area contributed by atoms with Crippen LogP contribution in [0.15, 0.2) is 12.1 Å². The number of rotatable bonds is 4. The van der Waals surface area contributed by atoms with E-state index in [-0.39, 0.29) is 18.5 Å². The van der Waals surface area contributed by atoms with Crippen molar-refractivity contribution in [1.29, 1.82) is 0 Å². The van der Waals surface area contributed by atoms with E-state index in [2.05, 4.69) is 4.98 Å². The number of aryl methyl sites for hydroxylation is 1. The first kappa shape index (κ1) is 13.7. The topological polar surface area (TPSA) is 96.2 Å². The summed E-state index contributed by atoms with van der Waals surface area (Å²) < 4.78 is 0. The Balaban J connectivity index is 2.65. The van der Waals surface area contributed by atoms with Crippen LogP contribution in [0.4, 0.5) is 0 Å². The number of aromatic carboxylic acids is 1. The lowest BCUT2D eigenvalue weighted by molar-refractivity contribution is -0.117. The molecule has 2 aromatic rings. The average Bonchev–Trinajstić information content (AvgIpc) is 2.64. The molecule has 0 unspecified atom stereocenters. The number of fused-ring (bicyclic) bond motifs is 1. The number of carbonyl (C=O) groups is 2. The first-order valence-electron chi connectivity index (χ1n) is 5.41. The summed E-state index contributed by atoms with van der Waals surface area (Å²) in [5, 5.41) is 10.5. The number of amides is 1. The van der Waals surface area contributed by atoms with Gasteiger partial charge < -0.3 is 15.8 Å². The van der Waals surface area contributed by atoms with Crippen molar-refractivity contribution in [3.63, 3.8) is 0 Å². The van der Waals surface area contributed by atoms with Crippen LogP contribution in [0.25, 0.3) is 10.9 Å². The summed E-state index contributed by atoms with van der Waals surface area (Å²) in [5.41, 5.74) is 6.07. The summed E-state index contributed by atoms with van der Waals surface area (Å²) in [6, 6.07) is 3.11. The van der Waals surface area contributed by atoms with Gasteiger partial charge in [0.1, 0.15) is 5.69 Å². The molecule has 0 aliphatic carbocycles. The molecule has 7 heteroatoms. The number of carboxylic acids is 1. The number of hydrogen-bond acceptors (Lipinski definition) is 2. The number of halogens is 2. The van der Waals surface area contributed by atoms with E-state index in [0.717, 1.165) is 0 Å². The molecular formula is C12H10Cl2N2O3. The Hall–Kier alpha value is -1.72. The average molecular weight is 301 g/mol. The van der Waals surface area contributed by atoms with Crippen LogP contribution in [0.3, 0.4) is 0 Å². The predicted molar refractivity (Wildman–Crippen MR) is 72.8 cm³/mol. The largest absolute Gasteiger partial charge is 0.477 e. The standard InChI is InChI=1S/C12H10Cl2N2O3/c13-5-3-7(14)10-6(1-2-9(15)17)11(12(18)19)16-8(10)4-5/h3-4,16H,1-2H2,(H2,15,17)(H,18,19). The van der Waals surface area contributed by atoms with E-state index < -0.39 is 11.9 Å². The third kappa shape index (κ3) is 2.67. The molecule has 2 rings (SSSR count). The molecule has 1 amide bonds. The van der Waals surface area contributed by atoms with E-state index in [4.69, 9.17) is 34.0 Å². The van der Waals surface area contributed by atoms with Crippen molar-refractivity contribution >= 4 is 46.0 Å². The fourth-order valence-electron chi connectivity index (χ4n) is 1.99. The first-order valence-corrected chi connectivity index (χ1v) is 6.17. The molecule has 0 fully saturated rings. The third-order valence-electron chi connectivity index (χ3n) is 2.75. The molecule has 0 saturated heterocycles. The maximum Gasteiger partial charge on any atom is 0.352 e. The summed E-state index contributed by atoms with van der Waals surface area (Å²) >= 11 is 12.0. The summed E-state index contributed by atoms with van der Waals surface area (Å²) in [7, 11) is 0. The van der Waals surface area contributed by atoms with E-state index in [1.54, 1.807) is 6.07 Å². The number of carbonyl (C=O) groups excluding carboxylic acids is 1. The van der Waals surface area contributed by atoms with Gasteiger partial charge in [-0.3, -0.25) is 4.79 Å². The number of aromatic amines is 1. The zero-order valence-electron chi connectivity index (χ0n) is 9.67. The number of aromatic nitrogens is 1. The van der Waals surface area contributed by atoms with E-state index in [1.807, 2.05) is 0 Å². The van der Waals surface area contributed by atoms with Crippen molar-refractivity contribution in [2.24, 2.45) is 5.73 Å². The second-order valence-electron chi connectivity index (χ2n) is 4.06. The molecule has 19 heavy (non-hydrogen) atoms. The zero-order chi connectivity index (χ0) is 14.2. The third-order valence-corrected chi connectivity index (χ3v) is 3.27. The Morgan fingerprint density at radius 3 is 2.58 bits per heavy atom. The molecule has 1 heterocycles. The van der Waals surface area contributed by atoms with Gasteiger partial charge in [0.2, 0.25) is 5.91 Å². The highest BCUT2D eigenvalue weighted by Crippen LogP contribution is 2.33. The van der Waals surface area contributed by atoms with Crippen molar-refractivity contribution < 1.29 is 14.7 Å². The predicted octanol–water partition coefficient (Wildman–Crippen LogP) is 2.59. The van der Waals surface area contributed by atoms with Crippen LogP contribution >= 0.6 is 23.2 Å². The Morgan fingerprint density at radius 1 is 1.32 bits per heavy atom. The van der Waals surface area contributed by atoms with Crippen molar-refractivity contribution in [2.75, 3.05) is 0 Å². The number of nitrogens with one attached hydrogen (secondary N) is 1. The van der Waals surface area contributed by atoms with Crippen LogP contribution < -0.4 is 5.73 Å². The molecule has 0 atom stereocenters. The highest BCUT2D eigenvalue weighted by atomic mass is 35.5. The Kier molecular flexibility index (Phi) is 3.68. The van der Waals surface area contributed by atoms with Crippen molar-refractivity contribution in [2.45, 2.75) is 12.8 Å². The lowest BCUT2D eigenvalue weighted by Crippen LogP contribution is -2.12. The molecule has 1 aromatic heterocycles. The maximum atomic E-state index is 11.2. The summed E-state index contributed by atoms with van der Waals surface area (Å²) in [4.78, 5) is 24.8. The Bertz CT molecular complexity index is 679. The number of nitrogens with two attached hydrogens (primary N) is 1. The van der Waals surface area contributed by atoms with E-state index in [0.29, 0.717) is 26.5 Å². The fraction of sp³-hybridized carbons (Fsp3) is 0.167. The normalized spacial score (nSPS) is 10.8. The van der Waals surface area contributed by atoms with Gasteiger partial charge in [0.15, 0.2) is 0 Å². The Labute approximate surface area is 118 Å². The van der Waals surface area contributed by atoms with Gasteiger partial charge in [-0.1, -0.05) is 23.2 Å². The van der Waals surface area contributed by atoms with E-state index in [1.165, 1.54) is 6.07 Å². The summed E-state index contributed by atoms with van der Waals surface area (Å²) in [6.45, 7) is 0. The molecule has 1 aromatic carbocycles. The maximum absolute atomic E-state index is 11.2. The van der Waals surface area contributed by atoms with E-state index >= 15 is 0 Å². The summed E-state index contributed by atoms with van der Waals surface area (Å²) in [5.74, 6) is -1.63. The molecular weight excluding hydrogens is 291 g/mol. The van der Waals surface area contributed by atoms with Gasteiger partial charge in [-0.15, -0.1) is 0 Å². The molecule has 4 N–H and O–H groups in total. The van der Waals surface area contributed by atoms with Crippen LogP contribution in [0.2, 0.25) is 10.0 Å². The molecule has 0 aliphatic rings. The van der Waals surface area contributed by atoms with Crippen LogP contribution in [0.1, 0.15) is 22.5 Å². The van der Waals surface area contributed by atoms with Gasteiger partial charge in [0, 0.05) is 22.3 Å². The first-order chi connectivity index (χ1) is 8.90. The van der Waals surface area contributed by atoms with Gasteiger partial charge in [-0.05, 0) is 24.1 Å². The van der Waals surface area contributed by atoms with E-state index in [9.17, 15) is 9.59 Å². The minimum atomic E-state index is -1.12. The van der Waals surface area contributed by atoms with Crippen LogP contribution in [-0.4, -0.2) is 22.0 Å². The minimum Gasteiger partial charge on any atom is -0.477 e. The minimum absolute atomic E-state index is 0.000386. The van der Waals surface area contributed by atoms with Crippen molar-refractivity contribution in [3.05, 3.63) is 33.4 Å². The lowest BCUT2D eigenvalue weighted by Gasteiger charge is -2.02. The van der Waals surface area contributed by atoms with Crippen LogP contribution in [0.5, 0.6) is 0 Å². The number of hydrogen-bond donors (Lipinski definition) is 3. The quantitative estimate of drug-likeness (QED) is 0.809. The molecule has 100 valence electrons. The highest BCUT2D eigenvalue weighted by Gasteiger charge is 2.19. The van der Waals surface area contributed by atoms with Gasteiger partial charge in [0.05, 0.1) is 5.02 Å². The number of primary amides is 1. The molecule has 0 aliphatic heterocycles. The highest BCUT2D eigenvalue weighted by molar-refractivity contribution is 6.39. The summed E-state index contributed by atoms with van der Waals surface area (Å²) in [6.07, 6.45) is 0.254. The Morgan fingerprint density at radius 2 is 2.00 bits per heavy atom. The lowest BCUT2D eigenvalue weighted by atomic mass is 10.1. The number of benzene rings is 1. The number of carboxylic acid groups (broad SMARTS) is 1. The SMILES string of the molecule is NC(=O)CCc1c(C(=O)O)[nH]c2cc(Cl)cc(Cl)c12. The van der Waals surface area contributed by atoms with Crippen molar-refractivity contribution in [1.82, 2.24) is 4.98 Å². The smallest absolute Gasteiger partial charge is 0.352 e. The second kappa shape index (κ2) is 5.11. The molecule has 5 nitrogen and oxygen atoms in total. The van der Waals surface area contributed by atoms with Crippen LogP contribution in [0, 0.1) is 0 Å². The second-order valence-corrected chi connectivity index (χ2v) is 4.90.